The van der Waals surface area contributed by atoms with Crippen LogP contribution in [-0.4, -0.2) is 24.0 Å². The Morgan fingerprint density at radius 2 is 1.73 bits per heavy atom. The fourth-order valence-electron chi connectivity index (χ4n) is 3.89. The van der Waals surface area contributed by atoms with Crippen molar-refractivity contribution in [2.75, 3.05) is 18.5 Å². The number of hydrogen-bond acceptors (Lipinski definition) is 4. The van der Waals surface area contributed by atoms with Gasteiger partial charge in [0.25, 0.3) is 5.91 Å². The molecule has 0 radical (unpaired) electrons. The monoisotopic (exact) mass is 505 g/mol. The lowest BCUT2D eigenvalue weighted by Crippen LogP contribution is -2.21. The molecule has 0 unspecified atom stereocenters. The number of benzene rings is 3. The van der Waals surface area contributed by atoms with Crippen LogP contribution in [0.5, 0.6) is 5.75 Å². The van der Waals surface area contributed by atoms with Gasteiger partial charge in [0.2, 0.25) is 0 Å². The van der Waals surface area contributed by atoms with Gasteiger partial charge < -0.3 is 15.4 Å². The number of nitrogens with zero attached hydrogens (tertiary/aromatic N) is 1. The van der Waals surface area contributed by atoms with E-state index in [2.05, 4.69) is 15.6 Å². The van der Waals surface area contributed by atoms with E-state index in [0.717, 1.165) is 23.4 Å². The Kier molecular flexibility index (Phi) is 8.20. The van der Waals surface area contributed by atoms with E-state index in [1.54, 1.807) is 42.6 Å². The van der Waals surface area contributed by atoms with Gasteiger partial charge in [0, 0.05) is 36.6 Å². The molecule has 0 atom stereocenters. The number of nitrogens with one attached hydrogen (secondary N) is 2. The minimum Gasteiger partial charge on any atom is -0.492 e. The Labute approximate surface area is 213 Å². The first kappa shape index (κ1) is 25.9. The molecule has 1 aromatic heterocycles. The Morgan fingerprint density at radius 1 is 0.946 bits per heavy atom. The molecule has 5 nitrogen and oxygen atoms in total. The first-order valence-electron chi connectivity index (χ1n) is 11.7. The van der Waals surface area contributed by atoms with Crippen molar-refractivity contribution < 1.29 is 22.7 Å². The lowest BCUT2D eigenvalue weighted by molar-refractivity contribution is -0.137. The molecule has 4 aromatic rings. The third-order valence-corrected chi connectivity index (χ3v) is 5.69. The molecule has 190 valence electrons. The largest absolute Gasteiger partial charge is 0.492 e. The predicted molar refractivity (Wildman–Crippen MR) is 137 cm³/mol. The molecule has 0 bridgehead atoms. The molecule has 0 aliphatic rings. The minimum absolute atomic E-state index is 0.366. The molecule has 0 saturated carbocycles. The van der Waals surface area contributed by atoms with Crippen molar-refractivity contribution >= 4 is 11.6 Å². The molecule has 0 saturated heterocycles. The predicted octanol–water partition coefficient (Wildman–Crippen LogP) is 6.50. The zero-order valence-corrected chi connectivity index (χ0v) is 20.2. The fourth-order valence-corrected chi connectivity index (χ4v) is 3.89. The average molecular weight is 506 g/mol. The molecular formula is C29H26F3N3O2. The van der Waals surface area contributed by atoms with Crippen molar-refractivity contribution in [3.63, 3.8) is 0 Å². The highest BCUT2D eigenvalue weighted by molar-refractivity contribution is 6.09. The van der Waals surface area contributed by atoms with Gasteiger partial charge in [-0.25, -0.2) is 0 Å². The van der Waals surface area contributed by atoms with E-state index in [9.17, 15) is 18.0 Å². The highest BCUT2D eigenvalue weighted by atomic mass is 19.4. The van der Waals surface area contributed by atoms with Crippen LogP contribution in [0.3, 0.4) is 0 Å². The van der Waals surface area contributed by atoms with Gasteiger partial charge in [0.1, 0.15) is 12.4 Å². The van der Waals surface area contributed by atoms with Gasteiger partial charge in [-0.1, -0.05) is 36.4 Å². The van der Waals surface area contributed by atoms with Gasteiger partial charge >= 0.3 is 6.18 Å². The molecule has 3 aromatic carbocycles. The zero-order valence-electron chi connectivity index (χ0n) is 20.2. The number of anilines is 1. The van der Waals surface area contributed by atoms with E-state index in [-0.39, 0.29) is 5.91 Å². The first-order chi connectivity index (χ1) is 17.8. The van der Waals surface area contributed by atoms with Crippen LogP contribution in [0.2, 0.25) is 0 Å². The van der Waals surface area contributed by atoms with E-state index in [0.29, 0.717) is 47.8 Å². The third-order valence-electron chi connectivity index (χ3n) is 5.69. The molecule has 0 aliphatic heterocycles. The molecule has 0 aliphatic carbocycles. The molecule has 2 N–H and O–H groups in total. The smallest absolute Gasteiger partial charge is 0.416 e. The Balaban J connectivity index is 1.40. The van der Waals surface area contributed by atoms with E-state index < -0.39 is 11.7 Å². The van der Waals surface area contributed by atoms with Crippen LogP contribution in [0.4, 0.5) is 18.9 Å². The van der Waals surface area contributed by atoms with Gasteiger partial charge in [0.15, 0.2) is 0 Å². The molecule has 4 rings (SSSR count). The number of carbonyl (C=O) groups excluding carboxylic acids is 1. The Hall–Kier alpha value is -4.17. The van der Waals surface area contributed by atoms with E-state index in [1.807, 2.05) is 31.2 Å². The summed E-state index contributed by atoms with van der Waals surface area (Å²) in [4.78, 5) is 17.4. The van der Waals surface area contributed by atoms with Crippen LogP contribution in [0.15, 0.2) is 91.1 Å². The molecule has 0 fully saturated rings. The van der Waals surface area contributed by atoms with Gasteiger partial charge in [-0.2, -0.15) is 13.2 Å². The summed E-state index contributed by atoms with van der Waals surface area (Å²) in [5.41, 5.74) is 3.02. The normalized spacial score (nSPS) is 11.2. The summed E-state index contributed by atoms with van der Waals surface area (Å²) in [6, 6.07) is 22.8. The van der Waals surface area contributed by atoms with Crippen molar-refractivity contribution in [2.45, 2.75) is 19.6 Å². The van der Waals surface area contributed by atoms with Crippen LogP contribution in [-0.2, 0) is 12.7 Å². The highest BCUT2D eigenvalue weighted by Crippen LogP contribution is 2.33. The lowest BCUT2D eigenvalue weighted by Gasteiger charge is -2.15. The number of aryl methyl sites for hydroxylation is 1. The fraction of sp³-hybridized carbons (Fsp3) is 0.172. The van der Waals surface area contributed by atoms with Crippen LogP contribution in [0.25, 0.3) is 11.1 Å². The van der Waals surface area contributed by atoms with Crippen LogP contribution in [0, 0.1) is 6.92 Å². The molecule has 1 heterocycles. The van der Waals surface area contributed by atoms with Crippen molar-refractivity contribution in [1.29, 1.82) is 0 Å². The SMILES string of the molecule is Cc1cccc(C(=O)Nc2cccc(OCCNCc3ccccn3)c2)c1-c1ccc(C(F)(F)F)cc1. The summed E-state index contributed by atoms with van der Waals surface area (Å²) < 4.78 is 44.8. The second-order valence-corrected chi connectivity index (χ2v) is 8.40. The van der Waals surface area contributed by atoms with Crippen molar-refractivity contribution in [1.82, 2.24) is 10.3 Å². The summed E-state index contributed by atoms with van der Waals surface area (Å²) in [6.07, 6.45) is -2.68. The van der Waals surface area contributed by atoms with Crippen LogP contribution >= 0.6 is 0 Å². The second kappa shape index (κ2) is 11.7. The quantitative estimate of drug-likeness (QED) is 0.255. The number of ether oxygens (including phenoxy) is 1. The third kappa shape index (κ3) is 6.95. The number of carbonyl (C=O) groups is 1. The van der Waals surface area contributed by atoms with Gasteiger partial charge in [-0.05, 0) is 66.1 Å². The van der Waals surface area contributed by atoms with Gasteiger partial charge in [-0.15, -0.1) is 0 Å². The Bertz CT molecular complexity index is 1340. The number of aromatic nitrogens is 1. The number of pyridine rings is 1. The first-order valence-corrected chi connectivity index (χ1v) is 11.7. The van der Waals surface area contributed by atoms with Crippen molar-refractivity contribution in [2.24, 2.45) is 0 Å². The molecule has 37 heavy (non-hydrogen) atoms. The number of hydrogen-bond donors (Lipinski definition) is 2. The van der Waals surface area contributed by atoms with E-state index in [4.69, 9.17) is 4.74 Å². The topological polar surface area (TPSA) is 63.2 Å². The minimum atomic E-state index is -4.42. The summed E-state index contributed by atoms with van der Waals surface area (Å²) in [7, 11) is 0. The maximum absolute atomic E-state index is 13.2. The molecular weight excluding hydrogens is 479 g/mol. The van der Waals surface area contributed by atoms with Crippen molar-refractivity contribution in [3.05, 3.63) is 114 Å². The summed E-state index contributed by atoms with van der Waals surface area (Å²) in [6.45, 7) is 3.51. The summed E-state index contributed by atoms with van der Waals surface area (Å²) >= 11 is 0. The number of amides is 1. The average Bonchev–Trinajstić information content (AvgIpc) is 2.89. The second-order valence-electron chi connectivity index (χ2n) is 8.40. The zero-order chi connectivity index (χ0) is 26.3. The van der Waals surface area contributed by atoms with Gasteiger partial charge in [-0.3, -0.25) is 9.78 Å². The maximum Gasteiger partial charge on any atom is 0.416 e. The molecule has 1 amide bonds. The lowest BCUT2D eigenvalue weighted by atomic mass is 9.94. The number of rotatable bonds is 9. The Morgan fingerprint density at radius 3 is 2.46 bits per heavy atom. The van der Waals surface area contributed by atoms with Crippen LogP contribution < -0.4 is 15.4 Å². The standard InChI is InChI=1S/C29H26F3N3O2/c1-20-6-4-10-26(27(20)21-11-13-22(14-12-21)29(30,31)32)28(36)35-23-8-5-9-25(18-23)37-17-16-33-19-24-7-2-3-15-34-24/h2-15,18,33H,16-17,19H2,1H3,(H,35,36). The number of halogens is 3. The van der Waals surface area contributed by atoms with E-state index >= 15 is 0 Å². The van der Waals surface area contributed by atoms with E-state index in [1.165, 1.54) is 12.1 Å². The number of alkyl halides is 3. The van der Waals surface area contributed by atoms with Crippen molar-refractivity contribution in [3.8, 4) is 16.9 Å². The highest BCUT2D eigenvalue weighted by Gasteiger charge is 2.30. The molecule has 0 spiro atoms. The summed E-state index contributed by atoms with van der Waals surface area (Å²) in [5, 5.41) is 6.13. The van der Waals surface area contributed by atoms with Gasteiger partial charge in [0.05, 0.1) is 11.3 Å². The summed E-state index contributed by atoms with van der Waals surface area (Å²) in [5.74, 6) is 0.234. The maximum atomic E-state index is 13.2. The molecule has 8 heteroatoms. The van der Waals surface area contributed by atoms with Crippen LogP contribution in [0.1, 0.15) is 27.2 Å².